The quantitative estimate of drug-likeness (QED) is 0.364. The lowest BCUT2D eigenvalue weighted by molar-refractivity contribution is -0.115. The van der Waals surface area contributed by atoms with Crippen LogP contribution < -0.4 is 5.32 Å². The molecular formula is C25H25N3O4S2. The average Bonchev–Trinajstić information content (AvgIpc) is 3.39. The van der Waals surface area contributed by atoms with Crippen molar-refractivity contribution in [2.45, 2.75) is 34.9 Å². The number of rotatable bonds is 8. The van der Waals surface area contributed by atoms with Gasteiger partial charge in [0.15, 0.2) is 5.78 Å². The number of amides is 1. The van der Waals surface area contributed by atoms with Gasteiger partial charge in [0, 0.05) is 30.5 Å². The van der Waals surface area contributed by atoms with Crippen LogP contribution in [0.25, 0.3) is 0 Å². The Morgan fingerprint density at radius 1 is 1.00 bits per heavy atom. The normalized spacial score (nSPS) is 15.1. The first-order valence-electron chi connectivity index (χ1n) is 10.9. The number of hydrogen-bond donors (Lipinski definition) is 1. The van der Waals surface area contributed by atoms with Crippen molar-refractivity contribution in [3.8, 4) is 0 Å². The largest absolute Gasteiger partial charge is 0.325 e. The van der Waals surface area contributed by atoms with Gasteiger partial charge >= 0.3 is 0 Å². The molecule has 1 N–H and O–H groups in total. The fraction of sp³-hybridized carbons (Fsp3) is 0.240. The molecule has 1 aliphatic rings. The number of hydrogen-bond acceptors (Lipinski definition) is 6. The van der Waals surface area contributed by atoms with Crippen molar-refractivity contribution >= 4 is 39.2 Å². The van der Waals surface area contributed by atoms with Crippen LogP contribution >= 0.6 is 11.8 Å². The van der Waals surface area contributed by atoms with Gasteiger partial charge in [-0.25, -0.2) is 13.4 Å². The Morgan fingerprint density at radius 3 is 2.38 bits per heavy atom. The van der Waals surface area contributed by atoms with Gasteiger partial charge in [-0.1, -0.05) is 54.2 Å². The standard InChI is InChI=1S/C25H25N3O4S2/c1-18(29)20-10-7-11-21(16-20)27-25(30)24(19-8-3-2-4-9-19)33-23-13-12-22(17-26-23)34(31,32)28-14-5-6-15-28/h2-4,7-13,16-17,24H,5-6,14-15H2,1H3,(H,27,30)/t24-/m1/s1. The fourth-order valence-corrected chi connectivity index (χ4v) is 6.14. The molecule has 1 amide bonds. The number of nitrogens with zero attached hydrogens (tertiary/aromatic N) is 2. The average molecular weight is 496 g/mol. The number of nitrogens with one attached hydrogen (secondary N) is 1. The topological polar surface area (TPSA) is 96.4 Å². The molecule has 7 nitrogen and oxygen atoms in total. The maximum atomic E-state index is 13.3. The van der Waals surface area contributed by atoms with Crippen molar-refractivity contribution in [2.75, 3.05) is 18.4 Å². The molecule has 1 aromatic heterocycles. The predicted octanol–water partition coefficient (Wildman–Crippen LogP) is 4.54. The summed E-state index contributed by atoms with van der Waals surface area (Å²) in [7, 11) is -3.55. The van der Waals surface area contributed by atoms with E-state index < -0.39 is 15.3 Å². The number of carbonyl (C=O) groups is 2. The minimum atomic E-state index is -3.55. The highest BCUT2D eigenvalue weighted by atomic mass is 32.2. The van der Waals surface area contributed by atoms with Gasteiger partial charge in [-0.05, 0) is 49.6 Å². The number of benzene rings is 2. The van der Waals surface area contributed by atoms with Crippen LogP contribution in [0.2, 0.25) is 0 Å². The van der Waals surface area contributed by atoms with Gasteiger partial charge in [-0.2, -0.15) is 4.31 Å². The Labute approximate surface area is 203 Å². The number of anilines is 1. The summed E-state index contributed by atoms with van der Waals surface area (Å²) < 4.78 is 27.0. The first kappa shape index (κ1) is 24.1. The van der Waals surface area contributed by atoms with E-state index in [0.717, 1.165) is 18.4 Å². The minimum Gasteiger partial charge on any atom is -0.325 e. The number of sulfonamides is 1. The van der Waals surface area contributed by atoms with Crippen LogP contribution in [0.15, 0.2) is 82.8 Å². The highest BCUT2D eigenvalue weighted by Gasteiger charge is 2.28. The molecule has 2 heterocycles. The van der Waals surface area contributed by atoms with Crippen LogP contribution in [0.4, 0.5) is 5.69 Å². The first-order chi connectivity index (χ1) is 16.3. The van der Waals surface area contributed by atoms with Crippen LogP contribution in [-0.2, 0) is 14.8 Å². The highest BCUT2D eigenvalue weighted by molar-refractivity contribution is 8.00. The molecule has 1 aliphatic heterocycles. The molecule has 34 heavy (non-hydrogen) atoms. The van der Waals surface area contributed by atoms with E-state index in [1.54, 1.807) is 36.4 Å². The molecule has 0 saturated carbocycles. The van der Waals surface area contributed by atoms with Gasteiger partial charge in [0.05, 0.1) is 5.03 Å². The van der Waals surface area contributed by atoms with Gasteiger partial charge in [0.25, 0.3) is 0 Å². The third kappa shape index (κ3) is 5.55. The monoisotopic (exact) mass is 495 g/mol. The van der Waals surface area contributed by atoms with Gasteiger partial charge in [-0.3, -0.25) is 9.59 Å². The number of ketones is 1. The fourth-order valence-electron chi connectivity index (χ4n) is 3.71. The van der Waals surface area contributed by atoms with Gasteiger partial charge in [-0.15, -0.1) is 0 Å². The Morgan fingerprint density at radius 2 is 1.74 bits per heavy atom. The molecule has 0 radical (unpaired) electrons. The molecule has 2 aromatic carbocycles. The van der Waals surface area contributed by atoms with E-state index in [9.17, 15) is 18.0 Å². The van der Waals surface area contributed by atoms with E-state index in [-0.39, 0.29) is 16.6 Å². The minimum absolute atomic E-state index is 0.0849. The Hall–Kier alpha value is -3.01. The summed E-state index contributed by atoms with van der Waals surface area (Å²) in [5.41, 5.74) is 1.82. The number of Topliss-reactive ketones (excluding diaryl/α,β-unsaturated/α-hetero) is 1. The van der Waals surface area contributed by atoms with Crippen molar-refractivity contribution in [2.24, 2.45) is 0 Å². The SMILES string of the molecule is CC(=O)c1cccc(NC(=O)[C@H](Sc2ccc(S(=O)(=O)N3CCCC3)cn2)c2ccccc2)c1. The summed E-state index contributed by atoms with van der Waals surface area (Å²) in [6.45, 7) is 2.53. The summed E-state index contributed by atoms with van der Waals surface area (Å²) in [6.07, 6.45) is 3.08. The number of thioether (sulfide) groups is 1. The Kier molecular flexibility index (Phi) is 7.45. The predicted molar refractivity (Wildman–Crippen MR) is 132 cm³/mol. The van der Waals surface area contributed by atoms with Gasteiger partial charge in [0.1, 0.15) is 10.1 Å². The zero-order chi connectivity index (χ0) is 24.1. The Balaban J connectivity index is 1.55. The highest BCUT2D eigenvalue weighted by Crippen LogP contribution is 2.36. The second kappa shape index (κ2) is 10.5. The molecule has 0 bridgehead atoms. The van der Waals surface area contributed by atoms with Crippen LogP contribution in [-0.4, -0.2) is 42.5 Å². The lowest BCUT2D eigenvalue weighted by Gasteiger charge is -2.18. The molecule has 0 spiro atoms. The zero-order valence-corrected chi connectivity index (χ0v) is 20.3. The molecule has 1 atom stereocenters. The molecule has 1 fully saturated rings. The Bertz CT molecular complexity index is 1270. The van der Waals surface area contributed by atoms with E-state index in [4.69, 9.17) is 0 Å². The van der Waals surface area contributed by atoms with E-state index in [1.165, 1.54) is 29.2 Å². The summed E-state index contributed by atoms with van der Waals surface area (Å²) in [6, 6.07) is 19.3. The van der Waals surface area contributed by atoms with E-state index in [0.29, 0.717) is 29.4 Å². The second-order valence-electron chi connectivity index (χ2n) is 7.98. The van der Waals surface area contributed by atoms with Gasteiger partial charge in [0.2, 0.25) is 15.9 Å². The second-order valence-corrected chi connectivity index (χ2v) is 11.0. The number of pyridine rings is 1. The van der Waals surface area contributed by atoms with Crippen molar-refractivity contribution < 1.29 is 18.0 Å². The van der Waals surface area contributed by atoms with E-state index in [1.807, 2.05) is 30.3 Å². The van der Waals surface area contributed by atoms with Crippen molar-refractivity contribution in [3.63, 3.8) is 0 Å². The third-order valence-corrected chi connectivity index (χ3v) is 8.61. The lowest BCUT2D eigenvalue weighted by atomic mass is 10.1. The lowest BCUT2D eigenvalue weighted by Crippen LogP contribution is -2.27. The van der Waals surface area contributed by atoms with Crippen molar-refractivity contribution in [1.82, 2.24) is 9.29 Å². The molecule has 0 unspecified atom stereocenters. The van der Waals surface area contributed by atoms with Crippen molar-refractivity contribution in [3.05, 3.63) is 84.1 Å². The van der Waals surface area contributed by atoms with Crippen LogP contribution in [0.5, 0.6) is 0 Å². The molecular weight excluding hydrogens is 470 g/mol. The molecule has 0 aliphatic carbocycles. The van der Waals surface area contributed by atoms with Gasteiger partial charge < -0.3 is 5.32 Å². The molecule has 9 heteroatoms. The van der Waals surface area contributed by atoms with Crippen molar-refractivity contribution in [1.29, 1.82) is 0 Å². The van der Waals surface area contributed by atoms with E-state index >= 15 is 0 Å². The summed E-state index contributed by atoms with van der Waals surface area (Å²) >= 11 is 1.23. The zero-order valence-electron chi connectivity index (χ0n) is 18.7. The molecule has 176 valence electrons. The maximum absolute atomic E-state index is 13.3. The molecule has 4 rings (SSSR count). The van der Waals surface area contributed by atoms with Crippen LogP contribution in [0, 0.1) is 0 Å². The first-order valence-corrected chi connectivity index (χ1v) is 13.3. The van der Waals surface area contributed by atoms with Crippen LogP contribution in [0.1, 0.15) is 40.9 Å². The third-order valence-electron chi connectivity index (χ3n) is 5.53. The number of carbonyl (C=O) groups excluding carboxylic acids is 2. The van der Waals surface area contributed by atoms with Crippen LogP contribution in [0.3, 0.4) is 0 Å². The maximum Gasteiger partial charge on any atom is 0.244 e. The molecule has 1 saturated heterocycles. The molecule has 3 aromatic rings. The van der Waals surface area contributed by atoms with E-state index in [2.05, 4.69) is 10.3 Å². The summed E-state index contributed by atoms with van der Waals surface area (Å²) in [4.78, 5) is 29.4. The summed E-state index contributed by atoms with van der Waals surface area (Å²) in [5, 5.41) is 2.79. The smallest absolute Gasteiger partial charge is 0.244 e. The number of aromatic nitrogens is 1. The summed E-state index contributed by atoms with van der Waals surface area (Å²) in [5.74, 6) is -0.356.